The van der Waals surface area contributed by atoms with E-state index in [4.69, 9.17) is 0 Å². The van der Waals surface area contributed by atoms with E-state index in [-0.39, 0.29) is 0 Å². The van der Waals surface area contributed by atoms with E-state index in [1.54, 1.807) is 0 Å². The van der Waals surface area contributed by atoms with Crippen molar-refractivity contribution in [1.29, 1.82) is 0 Å². The number of anilines is 2. The molecule has 6 nitrogen and oxygen atoms in total. The number of hydrogen-bond donors (Lipinski definition) is 3. The summed E-state index contributed by atoms with van der Waals surface area (Å²) in [6.45, 7) is 2.94. The second-order valence-electron chi connectivity index (χ2n) is 4.22. The van der Waals surface area contributed by atoms with Crippen molar-refractivity contribution in [2.45, 2.75) is 13.3 Å². The van der Waals surface area contributed by atoms with Crippen molar-refractivity contribution in [2.24, 2.45) is 0 Å². The summed E-state index contributed by atoms with van der Waals surface area (Å²) in [6.07, 6.45) is 5.00. The third-order valence-corrected chi connectivity index (χ3v) is 2.62. The van der Waals surface area contributed by atoms with E-state index >= 15 is 0 Å². The van der Waals surface area contributed by atoms with Crippen LogP contribution in [0, 0.1) is 6.92 Å². The normalized spacial score (nSPS) is 10.5. The lowest BCUT2D eigenvalue weighted by Crippen LogP contribution is -2.10. The van der Waals surface area contributed by atoms with Crippen molar-refractivity contribution >= 4 is 11.9 Å². The molecule has 0 amide bonds. The molecule has 92 valence electrons. The molecule has 2 heterocycles. The Kier molecular flexibility index (Phi) is 3.32. The largest absolute Gasteiger partial charge is 0.367 e. The molecule has 0 saturated heterocycles. The molecule has 2 rings (SSSR count). The lowest BCUT2D eigenvalue weighted by atomic mass is 10.1. The molecule has 0 fully saturated rings. The summed E-state index contributed by atoms with van der Waals surface area (Å²) in [5.74, 6) is 1.40. The molecule has 0 atom stereocenters. The summed E-state index contributed by atoms with van der Waals surface area (Å²) in [5, 5.41) is 10.1. The maximum atomic E-state index is 4.29. The van der Waals surface area contributed by atoms with Gasteiger partial charge < -0.3 is 15.2 Å². The van der Waals surface area contributed by atoms with Crippen molar-refractivity contribution in [3.8, 4) is 0 Å². The molecule has 0 aliphatic heterocycles. The average molecular weight is 234 g/mol. The van der Waals surface area contributed by atoms with Crippen LogP contribution in [-0.4, -0.2) is 40.8 Å². The Labute approximate surface area is 100 Å². The minimum atomic E-state index is 0.685. The van der Waals surface area contributed by atoms with Crippen LogP contribution in [0.25, 0.3) is 0 Å². The monoisotopic (exact) mass is 234 g/mol. The lowest BCUT2D eigenvalue weighted by molar-refractivity contribution is 0.976. The maximum absolute atomic E-state index is 4.29. The van der Waals surface area contributed by atoms with Crippen LogP contribution in [0.4, 0.5) is 11.9 Å². The van der Waals surface area contributed by atoms with Gasteiger partial charge in [0.1, 0.15) is 0 Å². The van der Waals surface area contributed by atoms with Gasteiger partial charge in [0, 0.05) is 33.0 Å². The zero-order valence-corrected chi connectivity index (χ0v) is 10.4. The number of aryl methyl sites for hydroxylation is 1. The first-order valence-electron chi connectivity index (χ1n) is 5.62. The van der Waals surface area contributed by atoms with Crippen LogP contribution in [0.15, 0.2) is 12.4 Å². The van der Waals surface area contributed by atoms with Gasteiger partial charge in [-0.05, 0) is 24.5 Å². The SMILES string of the molecule is Cc1c[nH]cc1CCNc1nc(N(C)C)n[nH]1. The molecular formula is C11H18N6. The highest BCUT2D eigenvalue weighted by Gasteiger charge is 2.04. The molecule has 17 heavy (non-hydrogen) atoms. The maximum Gasteiger partial charge on any atom is 0.245 e. The number of nitrogens with zero attached hydrogens (tertiary/aromatic N) is 3. The van der Waals surface area contributed by atoms with Gasteiger partial charge in [0.2, 0.25) is 11.9 Å². The van der Waals surface area contributed by atoms with Crippen LogP contribution in [0.1, 0.15) is 11.1 Å². The molecule has 0 unspecified atom stereocenters. The van der Waals surface area contributed by atoms with E-state index in [1.807, 2.05) is 31.4 Å². The first kappa shape index (κ1) is 11.5. The second kappa shape index (κ2) is 4.90. The molecule has 0 aromatic carbocycles. The van der Waals surface area contributed by atoms with E-state index in [9.17, 15) is 0 Å². The van der Waals surface area contributed by atoms with Gasteiger partial charge in [0.15, 0.2) is 0 Å². The Morgan fingerprint density at radius 1 is 1.35 bits per heavy atom. The van der Waals surface area contributed by atoms with Crippen LogP contribution in [-0.2, 0) is 6.42 Å². The molecule has 6 heteroatoms. The first-order chi connectivity index (χ1) is 8.16. The van der Waals surface area contributed by atoms with Gasteiger partial charge in [0.25, 0.3) is 0 Å². The molecule has 0 bridgehead atoms. The van der Waals surface area contributed by atoms with Gasteiger partial charge in [-0.2, -0.15) is 4.98 Å². The fraction of sp³-hybridized carbons (Fsp3) is 0.455. The second-order valence-corrected chi connectivity index (χ2v) is 4.22. The minimum Gasteiger partial charge on any atom is -0.367 e. The van der Waals surface area contributed by atoms with Crippen molar-refractivity contribution in [1.82, 2.24) is 20.2 Å². The molecule has 0 saturated carbocycles. The summed E-state index contributed by atoms with van der Waals surface area (Å²) >= 11 is 0. The third-order valence-electron chi connectivity index (χ3n) is 2.62. The first-order valence-corrected chi connectivity index (χ1v) is 5.62. The van der Waals surface area contributed by atoms with Crippen LogP contribution < -0.4 is 10.2 Å². The molecule has 3 N–H and O–H groups in total. The Morgan fingerprint density at radius 3 is 2.76 bits per heavy atom. The molecule has 0 aliphatic carbocycles. The molecule has 0 aliphatic rings. The van der Waals surface area contributed by atoms with Crippen LogP contribution in [0.5, 0.6) is 0 Å². The summed E-state index contributed by atoms with van der Waals surface area (Å²) in [4.78, 5) is 9.25. The average Bonchev–Trinajstić information content (AvgIpc) is 2.89. The predicted molar refractivity (Wildman–Crippen MR) is 68.4 cm³/mol. The van der Waals surface area contributed by atoms with Gasteiger partial charge in [0.05, 0.1) is 0 Å². The van der Waals surface area contributed by atoms with E-state index in [1.165, 1.54) is 11.1 Å². The molecular weight excluding hydrogens is 216 g/mol. The van der Waals surface area contributed by atoms with Crippen LogP contribution >= 0.6 is 0 Å². The van der Waals surface area contributed by atoms with Crippen molar-refractivity contribution < 1.29 is 0 Å². The van der Waals surface area contributed by atoms with Gasteiger partial charge in [-0.1, -0.05) is 0 Å². The minimum absolute atomic E-state index is 0.685. The highest BCUT2D eigenvalue weighted by atomic mass is 15.4. The number of aromatic nitrogens is 4. The molecule has 2 aromatic heterocycles. The zero-order valence-electron chi connectivity index (χ0n) is 10.4. The van der Waals surface area contributed by atoms with Crippen LogP contribution in [0.2, 0.25) is 0 Å². The summed E-state index contributed by atoms with van der Waals surface area (Å²) < 4.78 is 0. The highest BCUT2D eigenvalue weighted by molar-refractivity contribution is 5.35. The van der Waals surface area contributed by atoms with E-state index in [0.29, 0.717) is 11.9 Å². The van der Waals surface area contributed by atoms with E-state index in [0.717, 1.165) is 13.0 Å². The quantitative estimate of drug-likeness (QED) is 0.726. The lowest BCUT2D eigenvalue weighted by Gasteiger charge is -2.04. The summed E-state index contributed by atoms with van der Waals surface area (Å²) in [7, 11) is 3.83. The van der Waals surface area contributed by atoms with Crippen molar-refractivity contribution in [3.05, 3.63) is 23.5 Å². The molecule has 0 spiro atoms. The number of nitrogens with one attached hydrogen (secondary N) is 3. The van der Waals surface area contributed by atoms with Gasteiger partial charge in [-0.15, -0.1) is 5.10 Å². The number of hydrogen-bond acceptors (Lipinski definition) is 4. The van der Waals surface area contributed by atoms with Crippen LogP contribution in [0.3, 0.4) is 0 Å². The van der Waals surface area contributed by atoms with Crippen molar-refractivity contribution in [3.63, 3.8) is 0 Å². The predicted octanol–water partition coefficient (Wildman–Crippen LogP) is 1.16. The summed E-state index contributed by atoms with van der Waals surface area (Å²) in [6, 6.07) is 0. The number of H-pyrrole nitrogens is 2. The fourth-order valence-corrected chi connectivity index (χ4v) is 1.59. The Balaban J connectivity index is 1.84. The Bertz CT molecular complexity index is 470. The Morgan fingerprint density at radius 2 is 2.18 bits per heavy atom. The topological polar surface area (TPSA) is 72.6 Å². The zero-order chi connectivity index (χ0) is 12.3. The summed E-state index contributed by atoms with van der Waals surface area (Å²) in [5.41, 5.74) is 2.61. The van der Waals surface area contributed by atoms with E-state index < -0.39 is 0 Å². The van der Waals surface area contributed by atoms with Crippen molar-refractivity contribution in [2.75, 3.05) is 30.9 Å². The fourth-order valence-electron chi connectivity index (χ4n) is 1.59. The third kappa shape index (κ3) is 2.77. The smallest absolute Gasteiger partial charge is 0.245 e. The number of rotatable bonds is 5. The molecule has 2 aromatic rings. The van der Waals surface area contributed by atoms with Gasteiger partial charge in [-0.3, -0.25) is 0 Å². The molecule has 0 radical (unpaired) electrons. The standard InChI is InChI=1S/C11H18N6/c1-8-6-12-7-9(8)4-5-13-10-14-11(16-15-10)17(2)3/h6-7,12H,4-5H2,1-3H3,(H2,13,14,15,16). The van der Waals surface area contributed by atoms with Gasteiger partial charge in [-0.25, -0.2) is 5.10 Å². The Hall–Kier alpha value is -1.98. The highest BCUT2D eigenvalue weighted by Crippen LogP contribution is 2.08. The van der Waals surface area contributed by atoms with E-state index in [2.05, 4.69) is 32.4 Å². The van der Waals surface area contributed by atoms with Gasteiger partial charge >= 0.3 is 0 Å². The number of aromatic amines is 2.